The molecular weight excluding hydrogens is 448 g/mol. The third-order valence-corrected chi connectivity index (χ3v) is 7.14. The molecule has 0 saturated carbocycles. The molecule has 168 valence electrons. The summed E-state index contributed by atoms with van der Waals surface area (Å²) in [5.74, 6) is -0.00750. The first kappa shape index (κ1) is 23.6. The van der Waals surface area contributed by atoms with Gasteiger partial charge in [0, 0.05) is 5.02 Å². The monoisotopic (exact) mass is 472 g/mol. The maximum absolute atomic E-state index is 13.5. The van der Waals surface area contributed by atoms with E-state index in [1.807, 2.05) is 32.9 Å². The minimum Gasteiger partial charge on any atom is -0.495 e. The minimum absolute atomic E-state index is 0.0427. The first-order chi connectivity index (χ1) is 15.1. The van der Waals surface area contributed by atoms with Crippen molar-refractivity contribution in [1.82, 2.24) is 0 Å². The van der Waals surface area contributed by atoms with Crippen LogP contribution in [-0.4, -0.2) is 28.0 Å². The number of carbonyl (C=O) groups excluding carboxylic acids is 1. The molecule has 6 nitrogen and oxygen atoms in total. The number of halogens is 1. The van der Waals surface area contributed by atoms with Crippen LogP contribution in [0, 0.1) is 20.8 Å². The van der Waals surface area contributed by atoms with Gasteiger partial charge in [0.1, 0.15) is 12.3 Å². The number of ether oxygens (including phenoxy) is 1. The Hall–Kier alpha value is -3.03. The van der Waals surface area contributed by atoms with Crippen molar-refractivity contribution in [3.05, 3.63) is 82.4 Å². The van der Waals surface area contributed by atoms with Crippen LogP contribution >= 0.6 is 11.6 Å². The lowest BCUT2D eigenvalue weighted by atomic mass is 10.1. The first-order valence-electron chi connectivity index (χ1n) is 9.92. The van der Waals surface area contributed by atoms with Gasteiger partial charge in [-0.25, -0.2) is 8.42 Å². The number of hydrogen-bond acceptors (Lipinski definition) is 4. The van der Waals surface area contributed by atoms with Crippen LogP contribution in [0.3, 0.4) is 0 Å². The number of methoxy groups -OCH3 is 1. The highest BCUT2D eigenvalue weighted by Crippen LogP contribution is 2.28. The van der Waals surface area contributed by atoms with Gasteiger partial charge in [-0.15, -0.1) is 0 Å². The molecule has 0 aromatic heterocycles. The van der Waals surface area contributed by atoms with Crippen LogP contribution in [0.15, 0.2) is 65.6 Å². The summed E-state index contributed by atoms with van der Waals surface area (Å²) >= 11 is 5.93. The average Bonchev–Trinajstić information content (AvgIpc) is 2.74. The largest absolute Gasteiger partial charge is 0.495 e. The number of rotatable bonds is 7. The lowest BCUT2D eigenvalue weighted by Crippen LogP contribution is -2.38. The molecule has 0 aliphatic carbocycles. The second kappa shape index (κ2) is 9.63. The Kier molecular flexibility index (Phi) is 7.11. The number of aryl methyl sites for hydroxylation is 3. The summed E-state index contributed by atoms with van der Waals surface area (Å²) in [7, 11) is -2.52. The number of sulfonamides is 1. The summed E-state index contributed by atoms with van der Waals surface area (Å²) in [4.78, 5) is 13.0. The van der Waals surface area contributed by atoms with Crippen molar-refractivity contribution in [1.29, 1.82) is 0 Å². The Morgan fingerprint density at radius 2 is 1.66 bits per heavy atom. The fourth-order valence-corrected chi connectivity index (χ4v) is 4.71. The number of nitrogens with one attached hydrogen (secondary N) is 1. The zero-order chi connectivity index (χ0) is 23.5. The average molecular weight is 473 g/mol. The van der Waals surface area contributed by atoms with Crippen LogP contribution in [0.2, 0.25) is 5.02 Å². The van der Waals surface area contributed by atoms with Gasteiger partial charge in [0.05, 0.1) is 23.4 Å². The van der Waals surface area contributed by atoms with Crippen LogP contribution < -0.4 is 14.4 Å². The van der Waals surface area contributed by atoms with Crippen LogP contribution in [0.5, 0.6) is 5.75 Å². The number of nitrogens with zero attached hydrogens (tertiary/aromatic N) is 1. The van der Waals surface area contributed by atoms with E-state index in [1.54, 1.807) is 24.3 Å². The highest BCUT2D eigenvalue weighted by molar-refractivity contribution is 7.92. The number of benzene rings is 3. The SMILES string of the molecule is COc1ccc(C)cc1NC(=O)CN(c1ccc(C)c(C)c1)S(=O)(=O)c1ccc(Cl)cc1. The van der Waals surface area contributed by atoms with Crippen LogP contribution in [0.25, 0.3) is 0 Å². The number of amides is 1. The smallest absolute Gasteiger partial charge is 0.264 e. The summed E-state index contributed by atoms with van der Waals surface area (Å²) in [5, 5.41) is 3.19. The lowest BCUT2D eigenvalue weighted by molar-refractivity contribution is -0.114. The van der Waals surface area contributed by atoms with Crippen LogP contribution in [0.1, 0.15) is 16.7 Å². The van der Waals surface area contributed by atoms with E-state index in [0.717, 1.165) is 21.0 Å². The molecule has 32 heavy (non-hydrogen) atoms. The van der Waals surface area contributed by atoms with Crippen molar-refractivity contribution in [2.24, 2.45) is 0 Å². The van der Waals surface area contributed by atoms with E-state index in [0.29, 0.717) is 22.1 Å². The molecule has 0 aliphatic rings. The Morgan fingerprint density at radius 3 is 2.28 bits per heavy atom. The third kappa shape index (κ3) is 5.23. The molecule has 0 saturated heterocycles. The highest BCUT2D eigenvalue weighted by atomic mass is 35.5. The summed E-state index contributed by atoms with van der Waals surface area (Å²) in [6, 6.07) is 16.5. The van der Waals surface area contributed by atoms with E-state index in [1.165, 1.54) is 31.4 Å². The predicted molar refractivity (Wildman–Crippen MR) is 128 cm³/mol. The quantitative estimate of drug-likeness (QED) is 0.518. The van der Waals surface area contributed by atoms with E-state index in [-0.39, 0.29) is 4.90 Å². The molecule has 1 N–H and O–H groups in total. The minimum atomic E-state index is -4.03. The number of carbonyl (C=O) groups is 1. The van der Waals surface area contributed by atoms with Gasteiger partial charge in [0.25, 0.3) is 10.0 Å². The molecule has 0 spiro atoms. The van der Waals surface area contributed by atoms with Gasteiger partial charge in [-0.05, 0) is 86.0 Å². The van der Waals surface area contributed by atoms with Crippen LogP contribution in [-0.2, 0) is 14.8 Å². The molecule has 0 unspecified atom stereocenters. The molecule has 0 heterocycles. The summed E-state index contributed by atoms with van der Waals surface area (Å²) in [6.07, 6.45) is 0. The number of anilines is 2. The van der Waals surface area contributed by atoms with E-state index in [4.69, 9.17) is 16.3 Å². The zero-order valence-electron chi connectivity index (χ0n) is 18.3. The molecule has 0 atom stereocenters. The van der Waals surface area contributed by atoms with Crippen molar-refractivity contribution in [3.63, 3.8) is 0 Å². The van der Waals surface area contributed by atoms with Gasteiger partial charge in [-0.2, -0.15) is 0 Å². The van der Waals surface area contributed by atoms with Gasteiger partial charge in [0.15, 0.2) is 0 Å². The first-order valence-corrected chi connectivity index (χ1v) is 11.7. The molecule has 0 bridgehead atoms. The fraction of sp³-hybridized carbons (Fsp3) is 0.208. The molecule has 3 rings (SSSR count). The number of hydrogen-bond donors (Lipinski definition) is 1. The maximum atomic E-state index is 13.5. The summed E-state index contributed by atoms with van der Waals surface area (Å²) in [5.41, 5.74) is 3.74. The Morgan fingerprint density at radius 1 is 0.969 bits per heavy atom. The normalized spacial score (nSPS) is 11.2. The molecule has 3 aromatic carbocycles. The topological polar surface area (TPSA) is 75.7 Å². The lowest BCUT2D eigenvalue weighted by Gasteiger charge is -2.25. The van der Waals surface area contributed by atoms with Crippen molar-refractivity contribution < 1.29 is 17.9 Å². The third-order valence-electron chi connectivity index (χ3n) is 5.10. The summed E-state index contributed by atoms with van der Waals surface area (Å²) in [6.45, 7) is 5.31. The van der Waals surface area contributed by atoms with Crippen molar-refractivity contribution >= 4 is 38.9 Å². The van der Waals surface area contributed by atoms with Gasteiger partial charge < -0.3 is 10.1 Å². The molecule has 1 amide bonds. The van der Waals surface area contributed by atoms with Gasteiger partial charge in [-0.1, -0.05) is 23.7 Å². The van der Waals surface area contributed by atoms with Crippen LogP contribution in [0.4, 0.5) is 11.4 Å². The predicted octanol–water partition coefficient (Wildman–Crippen LogP) is 5.11. The molecule has 0 radical (unpaired) electrons. The Balaban J connectivity index is 1.99. The zero-order valence-corrected chi connectivity index (χ0v) is 19.9. The second-order valence-corrected chi connectivity index (χ2v) is 9.78. The molecule has 8 heteroatoms. The van der Waals surface area contributed by atoms with Gasteiger partial charge in [-0.3, -0.25) is 9.10 Å². The van der Waals surface area contributed by atoms with E-state index in [2.05, 4.69) is 5.32 Å². The standard InChI is InChI=1S/C24H25ClN2O4S/c1-16-5-12-23(31-4)22(13-16)26-24(28)15-27(20-9-6-17(2)18(3)14-20)32(29,30)21-10-7-19(25)8-11-21/h5-14H,15H2,1-4H3,(H,26,28). The maximum Gasteiger partial charge on any atom is 0.264 e. The van der Waals surface area contributed by atoms with Gasteiger partial charge >= 0.3 is 0 Å². The molecule has 0 fully saturated rings. The van der Waals surface area contributed by atoms with Crippen molar-refractivity contribution in [2.75, 3.05) is 23.3 Å². The summed E-state index contributed by atoms with van der Waals surface area (Å²) < 4.78 is 33.4. The van der Waals surface area contributed by atoms with E-state index in [9.17, 15) is 13.2 Å². The highest BCUT2D eigenvalue weighted by Gasteiger charge is 2.28. The second-order valence-electron chi connectivity index (χ2n) is 7.49. The fourth-order valence-electron chi connectivity index (χ4n) is 3.17. The molecule has 0 aliphatic heterocycles. The van der Waals surface area contributed by atoms with Gasteiger partial charge in [0.2, 0.25) is 5.91 Å². The van der Waals surface area contributed by atoms with E-state index >= 15 is 0 Å². The Labute approximate surface area is 193 Å². The van der Waals surface area contributed by atoms with E-state index < -0.39 is 22.5 Å². The van der Waals surface area contributed by atoms with Crippen molar-refractivity contribution in [3.8, 4) is 5.75 Å². The van der Waals surface area contributed by atoms with Crippen molar-refractivity contribution in [2.45, 2.75) is 25.7 Å². The molecule has 3 aromatic rings. The Bertz CT molecular complexity index is 1240. The molecular formula is C24H25ClN2O4S.